The molecule has 18 heavy (non-hydrogen) atoms. The van der Waals surface area contributed by atoms with Crippen molar-refractivity contribution in [3.8, 4) is 0 Å². The van der Waals surface area contributed by atoms with Crippen molar-refractivity contribution in [2.75, 3.05) is 6.61 Å². The van der Waals surface area contributed by atoms with Gasteiger partial charge in [0, 0.05) is 0 Å². The van der Waals surface area contributed by atoms with Crippen LogP contribution >= 0.6 is 0 Å². The molecule has 104 valence electrons. The fraction of sp³-hybridized carbons (Fsp3) is 0.875. The summed E-state index contributed by atoms with van der Waals surface area (Å²) >= 11 is 0. The fourth-order valence-corrected chi connectivity index (χ4v) is 2.11. The number of hydrogen-bond donors (Lipinski definition) is 0. The molecule has 1 nitrogen and oxygen atoms in total. The van der Waals surface area contributed by atoms with E-state index >= 15 is 0 Å². The van der Waals surface area contributed by atoms with Crippen LogP contribution in [0.4, 0.5) is 0 Å². The van der Waals surface area contributed by atoms with Gasteiger partial charge in [0.1, 0.15) is 0 Å². The molecule has 0 saturated heterocycles. The van der Waals surface area contributed by atoms with Crippen LogP contribution in [0.25, 0.3) is 0 Å². The Kier molecular flexibility index (Phi) is 23.0. The van der Waals surface area contributed by atoms with Crippen LogP contribution in [0.2, 0.25) is 0 Å². The van der Waals surface area contributed by atoms with E-state index in [2.05, 4.69) is 13.5 Å². The Morgan fingerprint density at radius 1 is 0.722 bits per heavy atom. The molecule has 0 aromatic carbocycles. The SMILES string of the molecule is C=COCCCCCCCCCCCCCC.[NaH]. The third-order valence-corrected chi connectivity index (χ3v) is 3.23. The third kappa shape index (κ3) is 18.9. The normalized spacial score (nSPS) is 9.83. The van der Waals surface area contributed by atoms with Gasteiger partial charge in [0.05, 0.1) is 12.9 Å². The predicted octanol–water partition coefficient (Wildman–Crippen LogP) is 5.20. The first-order valence-corrected chi connectivity index (χ1v) is 7.64. The van der Waals surface area contributed by atoms with Gasteiger partial charge in [-0.2, -0.15) is 0 Å². The summed E-state index contributed by atoms with van der Waals surface area (Å²) in [5.74, 6) is 0. The van der Waals surface area contributed by atoms with E-state index in [0.29, 0.717) is 0 Å². The molecule has 2 heteroatoms. The molecule has 0 aliphatic carbocycles. The Morgan fingerprint density at radius 3 is 1.50 bits per heavy atom. The molecule has 0 amide bonds. The number of rotatable bonds is 14. The topological polar surface area (TPSA) is 9.23 Å². The van der Waals surface area contributed by atoms with Crippen LogP contribution in [-0.2, 0) is 4.74 Å². The Balaban J connectivity index is 0. The maximum atomic E-state index is 5.09. The van der Waals surface area contributed by atoms with Crippen molar-refractivity contribution in [1.82, 2.24) is 0 Å². The molecule has 0 fully saturated rings. The van der Waals surface area contributed by atoms with E-state index in [1.165, 1.54) is 77.0 Å². The molecule has 0 rings (SSSR count). The second-order valence-electron chi connectivity index (χ2n) is 4.93. The van der Waals surface area contributed by atoms with E-state index in [0.717, 1.165) is 6.61 Å². The van der Waals surface area contributed by atoms with Gasteiger partial charge >= 0.3 is 29.6 Å². The van der Waals surface area contributed by atoms with Crippen molar-refractivity contribution < 1.29 is 4.74 Å². The second-order valence-corrected chi connectivity index (χ2v) is 4.93. The Hall–Kier alpha value is 0.540. The number of ether oxygens (including phenoxy) is 1. The van der Waals surface area contributed by atoms with Crippen molar-refractivity contribution >= 4 is 29.6 Å². The first-order valence-electron chi connectivity index (χ1n) is 7.64. The zero-order valence-electron chi connectivity index (χ0n) is 11.9. The van der Waals surface area contributed by atoms with Gasteiger partial charge < -0.3 is 4.74 Å². The number of unbranched alkanes of at least 4 members (excludes halogenated alkanes) is 11. The summed E-state index contributed by atoms with van der Waals surface area (Å²) in [6.07, 6.45) is 18.3. The van der Waals surface area contributed by atoms with Crippen LogP contribution in [0.15, 0.2) is 12.8 Å². The quantitative estimate of drug-likeness (QED) is 0.238. The minimum absolute atomic E-state index is 0. The first kappa shape index (κ1) is 20.8. The van der Waals surface area contributed by atoms with Crippen molar-refractivity contribution in [2.45, 2.75) is 84.0 Å². The Bertz CT molecular complexity index is 148. The number of hydrogen-bond acceptors (Lipinski definition) is 1. The molecule has 0 spiro atoms. The molecule has 0 unspecified atom stereocenters. The van der Waals surface area contributed by atoms with E-state index in [4.69, 9.17) is 4.74 Å². The van der Waals surface area contributed by atoms with Gasteiger partial charge in [-0.05, 0) is 6.42 Å². The molecule has 0 atom stereocenters. The molecule has 0 heterocycles. The summed E-state index contributed by atoms with van der Waals surface area (Å²) in [5.41, 5.74) is 0. The summed E-state index contributed by atoms with van der Waals surface area (Å²) in [6.45, 7) is 6.66. The molecular formula is C16H33NaO. The summed E-state index contributed by atoms with van der Waals surface area (Å²) in [6, 6.07) is 0. The molecule has 0 aromatic rings. The first-order chi connectivity index (χ1) is 8.41. The molecule has 0 radical (unpaired) electrons. The molecule has 0 saturated carbocycles. The van der Waals surface area contributed by atoms with Gasteiger partial charge in [-0.25, -0.2) is 0 Å². The zero-order valence-corrected chi connectivity index (χ0v) is 11.9. The van der Waals surface area contributed by atoms with E-state index in [1.54, 1.807) is 6.26 Å². The summed E-state index contributed by atoms with van der Waals surface area (Å²) < 4.78 is 5.09. The summed E-state index contributed by atoms with van der Waals surface area (Å²) in [4.78, 5) is 0. The standard InChI is InChI=1S/C16H32O.Na.H/c1-3-5-6-7-8-9-10-11-12-13-14-15-16-17-4-2;;/h4H,2-3,5-16H2,1H3;;. The van der Waals surface area contributed by atoms with E-state index in [9.17, 15) is 0 Å². The van der Waals surface area contributed by atoms with E-state index < -0.39 is 0 Å². The van der Waals surface area contributed by atoms with Crippen molar-refractivity contribution in [2.24, 2.45) is 0 Å². The summed E-state index contributed by atoms with van der Waals surface area (Å²) in [5, 5.41) is 0. The fourth-order valence-electron chi connectivity index (χ4n) is 2.11. The molecule has 0 bridgehead atoms. The molecule has 0 aliphatic rings. The molecule has 0 aliphatic heterocycles. The van der Waals surface area contributed by atoms with Gasteiger partial charge in [0.25, 0.3) is 0 Å². The van der Waals surface area contributed by atoms with Gasteiger partial charge in [-0.1, -0.05) is 84.1 Å². The van der Waals surface area contributed by atoms with Crippen LogP contribution in [0.5, 0.6) is 0 Å². The van der Waals surface area contributed by atoms with Gasteiger partial charge in [0.15, 0.2) is 0 Å². The second kappa shape index (κ2) is 19.9. The molecule has 0 aromatic heterocycles. The van der Waals surface area contributed by atoms with E-state index in [-0.39, 0.29) is 29.6 Å². The van der Waals surface area contributed by atoms with Crippen LogP contribution < -0.4 is 0 Å². The van der Waals surface area contributed by atoms with Gasteiger partial charge in [-0.15, -0.1) is 0 Å². The van der Waals surface area contributed by atoms with Crippen molar-refractivity contribution in [1.29, 1.82) is 0 Å². The van der Waals surface area contributed by atoms with Crippen LogP contribution in [-0.4, -0.2) is 36.2 Å². The van der Waals surface area contributed by atoms with Gasteiger partial charge in [0.2, 0.25) is 0 Å². The van der Waals surface area contributed by atoms with Crippen molar-refractivity contribution in [3.63, 3.8) is 0 Å². The van der Waals surface area contributed by atoms with Crippen molar-refractivity contribution in [3.05, 3.63) is 12.8 Å². The Morgan fingerprint density at radius 2 is 1.11 bits per heavy atom. The molecular weight excluding hydrogens is 231 g/mol. The average molecular weight is 264 g/mol. The van der Waals surface area contributed by atoms with Crippen LogP contribution in [0, 0.1) is 0 Å². The van der Waals surface area contributed by atoms with Crippen LogP contribution in [0.3, 0.4) is 0 Å². The molecule has 0 N–H and O–H groups in total. The maximum absolute atomic E-state index is 5.09. The predicted molar refractivity (Wildman–Crippen MR) is 84.4 cm³/mol. The zero-order chi connectivity index (χ0) is 12.6. The minimum atomic E-state index is 0. The van der Waals surface area contributed by atoms with Crippen LogP contribution in [0.1, 0.15) is 84.0 Å². The average Bonchev–Trinajstić information content (AvgIpc) is 2.35. The van der Waals surface area contributed by atoms with Gasteiger partial charge in [-0.3, -0.25) is 0 Å². The third-order valence-electron chi connectivity index (χ3n) is 3.23. The van der Waals surface area contributed by atoms with E-state index in [1.807, 2.05) is 0 Å². The summed E-state index contributed by atoms with van der Waals surface area (Å²) in [7, 11) is 0. The Labute approximate surface area is 137 Å². The monoisotopic (exact) mass is 264 g/mol.